The Balaban J connectivity index is 1.29. The number of rotatable bonds is 9. The lowest BCUT2D eigenvalue weighted by Crippen LogP contribution is -2.24. The first-order valence-corrected chi connectivity index (χ1v) is 11.8. The van der Waals surface area contributed by atoms with E-state index < -0.39 is 0 Å². The smallest absolute Gasteiger partial charge is 0.127 e. The predicted molar refractivity (Wildman–Crippen MR) is 130 cm³/mol. The van der Waals surface area contributed by atoms with Gasteiger partial charge in [0.2, 0.25) is 0 Å². The summed E-state index contributed by atoms with van der Waals surface area (Å²) in [6, 6.07) is 26.5. The van der Waals surface area contributed by atoms with E-state index in [1.165, 1.54) is 37.7 Å². The summed E-state index contributed by atoms with van der Waals surface area (Å²) < 4.78 is 18.2. The lowest BCUT2D eigenvalue weighted by molar-refractivity contribution is 0.0823. The van der Waals surface area contributed by atoms with Gasteiger partial charge in [0.25, 0.3) is 0 Å². The Bertz CT molecular complexity index is 957. The lowest BCUT2D eigenvalue weighted by Gasteiger charge is -2.26. The van der Waals surface area contributed by atoms with Crippen LogP contribution in [-0.2, 0) is 16.8 Å². The van der Waals surface area contributed by atoms with Gasteiger partial charge in [0.05, 0.1) is 19.3 Å². The van der Waals surface area contributed by atoms with Crippen LogP contribution in [0.1, 0.15) is 57.1 Å². The van der Waals surface area contributed by atoms with Crippen molar-refractivity contribution in [2.24, 2.45) is 0 Å². The zero-order valence-electron chi connectivity index (χ0n) is 19.3. The van der Waals surface area contributed by atoms with E-state index in [0.717, 1.165) is 22.8 Å². The number of para-hydroxylation sites is 1. The summed E-state index contributed by atoms with van der Waals surface area (Å²) in [7, 11) is 0. The van der Waals surface area contributed by atoms with E-state index in [2.05, 4.69) is 44.2 Å². The van der Waals surface area contributed by atoms with Gasteiger partial charge in [-0.1, -0.05) is 62.7 Å². The van der Waals surface area contributed by atoms with Gasteiger partial charge in [-0.05, 0) is 73.2 Å². The van der Waals surface area contributed by atoms with Crippen LogP contribution in [0.5, 0.6) is 17.2 Å². The zero-order chi connectivity index (χ0) is 22.2. The molecule has 0 amide bonds. The highest BCUT2D eigenvalue weighted by Gasteiger charge is 2.21. The highest BCUT2D eigenvalue weighted by atomic mass is 16.5. The van der Waals surface area contributed by atoms with E-state index in [4.69, 9.17) is 14.2 Å². The molecule has 0 atom stereocenters. The van der Waals surface area contributed by atoms with Crippen molar-refractivity contribution < 1.29 is 14.2 Å². The van der Waals surface area contributed by atoms with Gasteiger partial charge in [0.1, 0.15) is 17.2 Å². The molecular weight excluding hydrogens is 396 g/mol. The van der Waals surface area contributed by atoms with Gasteiger partial charge in [-0.2, -0.15) is 0 Å². The summed E-state index contributed by atoms with van der Waals surface area (Å²) in [6.07, 6.45) is 6.66. The maximum Gasteiger partial charge on any atom is 0.127 e. The molecule has 1 aliphatic rings. The minimum absolute atomic E-state index is 0.0818. The van der Waals surface area contributed by atoms with Crippen LogP contribution in [0.25, 0.3) is 0 Å². The molecule has 0 radical (unpaired) electrons. The maximum absolute atomic E-state index is 6.17. The quantitative estimate of drug-likeness (QED) is 0.348. The highest BCUT2D eigenvalue weighted by Crippen LogP contribution is 2.29. The third-order valence-corrected chi connectivity index (χ3v) is 6.10. The van der Waals surface area contributed by atoms with Crippen molar-refractivity contribution in [3.05, 3.63) is 90.0 Å². The fourth-order valence-electron chi connectivity index (χ4n) is 4.19. The van der Waals surface area contributed by atoms with Crippen LogP contribution >= 0.6 is 0 Å². The molecule has 3 aromatic carbocycles. The topological polar surface area (TPSA) is 27.7 Å². The van der Waals surface area contributed by atoms with Crippen molar-refractivity contribution in [3.8, 4) is 17.2 Å². The molecule has 1 saturated carbocycles. The Kier molecular flexibility index (Phi) is 7.49. The third kappa shape index (κ3) is 6.37. The first-order chi connectivity index (χ1) is 15.6. The molecule has 0 spiro atoms. The van der Waals surface area contributed by atoms with Crippen LogP contribution < -0.4 is 9.47 Å². The average molecular weight is 431 g/mol. The molecule has 0 saturated heterocycles. The second kappa shape index (κ2) is 10.7. The van der Waals surface area contributed by atoms with E-state index in [-0.39, 0.29) is 5.41 Å². The average Bonchev–Trinajstić information content (AvgIpc) is 2.81. The summed E-state index contributed by atoms with van der Waals surface area (Å²) in [5, 5.41) is 0. The molecule has 0 aliphatic heterocycles. The molecule has 0 N–H and O–H groups in total. The van der Waals surface area contributed by atoms with Gasteiger partial charge in [0.15, 0.2) is 0 Å². The number of hydrogen-bond donors (Lipinski definition) is 0. The summed E-state index contributed by atoms with van der Waals surface area (Å²) in [5.74, 6) is 2.64. The van der Waals surface area contributed by atoms with E-state index in [9.17, 15) is 0 Å². The summed E-state index contributed by atoms with van der Waals surface area (Å²) >= 11 is 0. The molecule has 0 unspecified atom stereocenters. The Labute approximate surface area is 192 Å². The first kappa shape index (κ1) is 22.4. The van der Waals surface area contributed by atoms with Gasteiger partial charge < -0.3 is 14.2 Å². The monoisotopic (exact) mass is 430 g/mol. The second-order valence-corrected chi connectivity index (χ2v) is 9.34. The molecule has 4 rings (SSSR count). The van der Waals surface area contributed by atoms with Crippen LogP contribution in [0.2, 0.25) is 0 Å². The van der Waals surface area contributed by atoms with Crippen molar-refractivity contribution in [2.75, 3.05) is 6.61 Å². The van der Waals surface area contributed by atoms with Crippen LogP contribution in [0.4, 0.5) is 0 Å². The lowest BCUT2D eigenvalue weighted by atomic mass is 9.85. The second-order valence-electron chi connectivity index (χ2n) is 9.34. The van der Waals surface area contributed by atoms with Gasteiger partial charge in [-0.3, -0.25) is 0 Å². The van der Waals surface area contributed by atoms with E-state index in [0.29, 0.717) is 19.3 Å². The van der Waals surface area contributed by atoms with E-state index >= 15 is 0 Å². The van der Waals surface area contributed by atoms with Crippen LogP contribution in [-0.4, -0.2) is 12.7 Å². The minimum Gasteiger partial charge on any atom is -0.490 e. The van der Waals surface area contributed by atoms with Gasteiger partial charge in [0, 0.05) is 5.41 Å². The molecule has 3 heteroatoms. The highest BCUT2D eigenvalue weighted by molar-refractivity contribution is 5.34. The molecule has 0 aromatic heterocycles. The van der Waals surface area contributed by atoms with Crippen LogP contribution in [0, 0.1) is 0 Å². The van der Waals surface area contributed by atoms with Crippen molar-refractivity contribution in [3.63, 3.8) is 0 Å². The fourth-order valence-corrected chi connectivity index (χ4v) is 4.19. The molecule has 0 heterocycles. The van der Waals surface area contributed by atoms with Crippen LogP contribution in [0.15, 0.2) is 78.9 Å². The Morgan fingerprint density at radius 1 is 0.750 bits per heavy atom. The summed E-state index contributed by atoms with van der Waals surface area (Å²) in [6.45, 7) is 5.63. The molecule has 1 aliphatic carbocycles. The van der Waals surface area contributed by atoms with Crippen molar-refractivity contribution in [1.29, 1.82) is 0 Å². The molecule has 3 aromatic rings. The molecule has 32 heavy (non-hydrogen) atoms. The number of ether oxygens (including phenoxy) is 3. The van der Waals surface area contributed by atoms with Crippen molar-refractivity contribution in [2.45, 2.75) is 64.1 Å². The number of hydrogen-bond acceptors (Lipinski definition) is 3. The molecule has 1 fully saturated rings. The largest absolute Gasteiger partial charge is 0.490 e. The molecular formula is C29H34O3. The zero-order valence-corrected chi connectivity index (χ0v) is 19.3. The first-order valence-electron chi connectivity index (χ1n) is 11.8. The number of benzene rings is 3. The molecule has 3 nitrogen and oxygen atoms in total. The summed E-state index contributed by atoms with van der Waals surface area (Å²) in [4.78, 5) is 0. The SMILES string of the molecule is CC(C)(COCc1cccc(Oc2ccccc2)c1)c1ccc(OC2CCCCC2)cc1. The Morgan fingerprint density at radius 3 is 2.22 bits per heavy atom. The normalized spacial score (nSPS) is 14.8. The Hall–Kier alpha value is -2.78. The van der Waals surface area contributed by atoms with Gasteiger partial charge >= 0.3 is 0 Å². The fraction of sp³-hybridized carbons (Fsp3) is 0.379. The van der Waals surface area contributed by atoms with Gasteiger partial charge in [-0.15, -0.1) is 0 Å². The Morgan fingerprint density at radius 2 is 1.47 bits per heavy atom. The predicted octanol–water partition coefficient (Wildman–Crippen LogP) is 7.68. The van der Waals surface area contributed by atoms with Crippen molar-refractivity contribution in [1.82, 2.24) is 0 Å². The van der Waals surface area contributed by atoms with Crippen molar-refractivity contribution >= 4 is 0 Å². The minimum atomic E-state index is -0.0818. The van der Waals surface area contributed by atoms with Crippen LogP contribution in [0.3, 0.4) is 0 Å². The van der Waals surface area contributed by atoms with E-state index in [1.54, 1.807) is 0 Å². The third-order valence-electron chi connectivity index (χ3n) is 6.10. The maximum atomic E-state index is 6.17. The molecule has 168 valence electrons. The van der Waals surface area contributed by atoms with E-state index in [1.807, 2.05) is 48.5 Å². The molecule has 0 bridgehead atoms. The summed E-state index contributed by atoms with van der Waals surface area (Å²) in [5.41, 5.74) is 2.28. The standard InChI is InChI=1S/C29H34O3/c1-29(2,24-16-18-27(19-17-24)31-25-11-5-3-6-12-25)22-30-21-23-10-9-15-28(20-23)32-26-13-7-4-8-14-26/h4,7-10,13-20,25H,3,5-6,11-12,21-22H2,1-2H3. The van der Waals surface area contributed by atoms with Gasteiger partial charge in [-0.25, -0.2) is 0 Å².